The molecule has 1 heterocycles. The molecule has 0 radical (unpaired) electrons. The van der Waals surface area contributed by atoms with E-state index in [2.05, 4.69) is 21.1 Å². The van der Waals surface area contributed by atoms with Gasteiger partial charge in [0.05, 0.1) is 10.9 Å². The topological polar surface area (TPSA) is 122 Å². The lowest BCUT2D eigenvalue weighted by Gasteiger charge is -2.10. The van der Waals surface area contributed by atoms with Crippen LogP contribution in [0.15, 0.2) is 71.3 Å². The molecule has 4 aromatic rings. The minimum atomic E-state index is -0.327. The zero-order chi connectivity index (χ0) is 21.8. The Balaban J connectivity index is 1.43. The molecule has 31 heavy (non-hydrogen) atoms. The van der Waals surface area contributed by atoms with Crippen molar-refractivity contribution in [3.63, 3.8) is 0 Å². The summed E-state index contributed by atoms with van der Waals surface area (Å²) in [6.07, 6.45) is 0. The first-order valence-corrected chi connectivity index (χ1v) is 9.66. The maximum absolute atomic E-state index is 12.9. The van der Waals surface area contributed by atoms with Gasteiger partial charge in [0.25, 0.3) is 5.91 Å². The minimum Gasteiger partial charge on any atom is -0.380 e. The van der Waals surface area contributed by atoms with Crippen LogP contribution >= 0.6 is 0 Å². The number of urea groups is 1. The van der Waals surface area contributed by atoms with Gasteiger partial charge in [-0.15, -0.1) is 0 Å². The molecular formula is C23H21N5O3. The van der Waals surface area contributed by atoms with Crippen LogP contribution < -0.4 is 21.7 Å². The van der Waals surface area contributed by atoms with Crippen molar-refractivity contribution in [1.82, 2.24) is 10.5 Å². The number of aromatic nitrogens is 1. The standard InChI is InChI=1S/C23H21N5O3/c1-14-10-11-18(19-20(14)31-28-21(19)24)22(29)26-17-9-5-6-15(12-17)13-25-23(30)27-16-7-3-2-4-8-16/h2-12H,13H2,1H3,(H2,24,28)(H,26,29)(H2,25,27,30). The summed E-state index contributed by atoms with van der Waals surface area (Å²) in [7, 11) is 0. The summed E-state index contributed by atoms with van der Waals surface area (Å²) in [6.45, 7) is 2.16. The molecule has 4 rings (SSSR count). The molecule has 0 spiro atoms. The van der Waals surface area contributed by atoms with Gasteiger partial charge in [-0.2, -0.15) is 0 Å². The van der Waals surface area contributed by atoms with E-state index < -0.39 is 0 Å². The van der Waals surface area contributed by atoms with Gasteiger partial charge in [-0.05, 0) is 48.4 Å². The average Bonchev–Trinajstić information content (AvgIpc) is 3.16. The van der Waals surface area contributed by atoms with Crippen LogP contribution in [0.3, 0.4) is 0 Å². The lowest BCUT2D eigenvalue weighted by molar-refractivity contribution is 0.102. The van der Waals surface area contributed by atoms with Crippen LogP contribution in [0.4, 0.5) is 22.0 Å². The SMILES string of the molecule is Cc1ccc(C(=O)Nc2cccc(CNC(=O)Nc3ccccc3)c2)c2c(N)noc12. The van der Waals surface area contributed by atoms with Crippen molar-refractivity contribution < 1.29 is 14.1 Å². The van der Waals surface area contributed by atoms with Crippen molar-refractivity contribution in [2.75, 3.05) is 16.4 Å². The van der Waals surface area contributed by atoms with Gasteiger partial charge < -0.3 is 26.2 Å². The summed E-state index contributed by atoms with van der Waals surface area (Å²) in [5, 5.41) is 12.7. The summed E-state index contributed by atoms with van der Waals surface area (Å²) in [5.74, 6) is -0.155. The van der Waals surface area contributed by atoms with E-state index in [0.717, 1.165) is 11.1 Å². The molecule has 0 bridgehead atoms. The number of fused-ring (bicyclic) bond motifs is 1. The fourth-order valence-electron chi connectivity index (χ4n) is 3.23. The van der Waals surface area contributed by atoms with Crippen molar-refractivity contribution in [3.05, 3.63) is 83.4 Å². The van der Waals surface area contributed by atoms with Crippen molar-refractivity contribution in [1.29, 1.82) is 0 Å². The van der Waals surface area contributed by atoms with Crippen LogP contribution in [-0.4, -0.2) is 17.1 Å². The highest BCUT2D eigenvalue weighted by Gasteiger charge is 2.18. The molecule has 0 atom stereocenters. The summed E-state index contributed by atoms with van der Waals surface area (Å²) >= 11 is 0. The quantitative estimate of drug-likeness (QED) is 0.387. The second kappa shape index (κ2) is 8.58. The normalized spacial score (nSPS) is 10.6. The second-order valence-corrected chi connectivity index (χ2v) is 7.03. The van der Waals surface area contributed by atoms with Gasteiger partial charge in [0.2, 0.25) is 0 Å². The van der Waals surface area contributed by atoms with Crippen LogP contribution in [0.2, 0.25) is 0 Å². The largest absolute Gasteiger partial charge is 0.380 e. The van der Waals surface area contributed by atoms with Crippen molar-refractivity contribution in [2.24, 2.45) is 0 Å². The maximum atomic E-state index is 12.9. The van der Waals surface area contributed by atoms with Gasteiger partial charge in [0.1, 0.15) is 0 Å². The zero-order valence-electron chi connectivity index (χ0n) is 16.8. The number of nitrogen functional groups attached to an aromatic ring is 1. The first kappa shape index (κ1) is 20.0. The van der Waals surface area contributed by atoms with Crippen molar-refractivity contribution >= 4 is 40.1 Å². The van der Waals surface area contributed by atoms with Gasteiger partial charge in [-0.25, -0.2) is 4.79 Å². The molecule has 0 saturated carbocycles. The van der Waals surface area contributed by atoms with Gasteiger partial charge in [0.15, 0.2) is 11.4 Å². The molecule has 156 valence electrons. The molecule has 0 aliphatic carbocycles. The highest BCUT2D eigenvalue weighted by atomic mass is 16.5. The van der Waals surface area contributed by atoms with Crippen molar-refractivity contribution in [2.45, 2.75) is 13.5 Å². The van der Waals surface area contributed by atoms with Crippen LogP contribution in [0, 0.1) is 6.92 Å². The molecule has 3 aromatic carbocycles. The van der Waals surface area contributed by atoms with Crippen LogP contribution in [-0.2, 0) is 6.54 Å². The summed E-state index contributed by atoms with van der Waals surface area (Å²) in [4.78, 5) is 24.9. The highest BCUT2D eigenvalue weighted by Crippen LogP contribution is 2.28. The first-order chi connectivity index (χ1) is 15.0. The third-order valence-electron chi connectivity index (χ3n) is 4.76. The lowest BCUT2D eigenvalue weighted by Crippen LogP contribution is -2.28. The van der Waals surface area contributed by atoms with E-state index in [1.54, 1.807) is 42.5 Å². The molecule has 0 saturated heterocycles. The molecule has 3 amide bonds. The maximum Gasteiger partial charge on any atom is 0.319 e. The number of carbonyl (C=O) groups excluding carboxylic acids is 2. The van der Waals surface area contributed by atoms with Crippen LogP contribution in [0.1, 0.15) is 21.5 Å². The van der Waals surface area contributed by atoms with Crippen LogP contribution in [0.25, 0.3) is 11.0 Å². The van der Waals surface area contributed by atoms with Gasteiger partial charge >= 0.3 is 6.03 Å². The number of aryl methyl sites for hydroxylation is 1. The van der Waals surface area contributed by atoms with Gasteiger partial charge in [0, 0.05) is 17.9 Å². The molecule has 0 aliphatic rings. The Morgan fingerprint density at radius 1 is 0.968 bits per heavy atom. The number of hydrogen-bond donors (Lipinski definition) is 4. The first-order valence-electron chi connectivity index (χ1n) is 9.66. The Kier molecular flexibility index (Phi) is 5.53. The van der Waals surface area contributed by atoms with E-state index in [0.29, 0.717) is 34.5 Å². The Morgan fingerprint density at radius 2 is 1.74 bits per heavy atom. The van der Waals surface area contributed by atoms with E-state index in [-0.39, 0.29) is 17.8 Å². The predicted octanol–water partition coefficient (Wildman–Crippen LogP) is 4.29. The number of hydrogen-bond acceptors (Lipinski definition) is 5. The number of carbonyl (C=O) groups is 2. The smallest absolute Gasteiger partial charge is 0.319 e. The van der Waals surface area contributed by atoms with E-state index in [1.165, 1.54) is 0 Å². The summed E-state index contributed by atoms with van der Waals surface area (Å²) < 4.78 is 5.24. The van der Waals surface area contributed by atoms with Gasteiger partial charge in [-0.3, -0.25) is 4.79 Å². The number of benzene rings is 3. The second-order valence-electron chi connectivity index (χ2n) is 7.03. The third kappa shape index (κ3) is 4.48. The molecule has 0 aliphatic heterocycles. The number of anilines is 3. The van der Waals surface area contributed by atoms with Crippen LogP contribution in [0.5, 0.6) is 0 Å². The molecule has 8 nitrogen and oxygen atoms in total. The minimum absolute atomic E-state index is 0.172. The zero-order valence-corrected chi connectivity index (χ0v) is 16.8. The van der Waals surface area contributed by atoms with E-state index in [1.807, 2.05) is 31.2 Å². The van der Waals surface area contributed by atoms with E-state index in [9.17, 15) is 9.59 Å². The van der Waals surface area contributed by atoms with E-state index >= 15 is 0 Å². The predicted molar refractivity (Wildman–Crippen MR) is 120 cm³/mol. The molecule has 5 N–H and O–H groups in total. The number of para-hydroxylation sites is 1. The summed E-state index contributed by atoms with van der Waals surface area (Å²) in [5.41, 5.74) is 9.74. The number of rotatable bonds is 5. The Labute approximate surface area is 178 Å². The van der Waals surface area contributed by atoms with Gasteiger partial charge in [-0.1, -0.05) is 41.6 Å². The summed E-state index contributed by atoms with van der Waals surface area (Å²) in [6, 6.07) is 19.6. The van der Waals surface area contributed by atoms with E-state index in [4.69, 9.17) is 10.3 Å². The fourth-order valence-corrected chi connectivity index (χ4v) is 3.23. The Hall–Kier alpha value is -4.33. The average molecular weight is 415 g/mol. The molecule has 1 aromatic heterocycles. The monoisotopic (exact) mass is 415 g/mol. The number of nitrogens with one attached hydrogen (secondary N) is 3. The Bertz CT molecular complexity index is 1250. The van der Waals surface area contributed by atoms with Crippen molar-refractivity contribution in [3.8, 4) is 0 Å². The number of nitrogens with two attached hydrogens (primary N) is 1. The molecular weight excluding hydrogens is 394 g/mol. The lowest BCUT2D eigenvalue weighted by atomic mass is 10.1. The molecule has 0 unspecified atom stereocenters. The number of amides is 3. The fraction of sp³-hybridized carbons (Fsp3) is 0.0870. The third-order valence-corrected chi connectivity index (χ3v) is 4.76. The number of nitrogens with zero attached hydrogens (tertiary/aromatic N) is 1. The highest BCUT2D eigenvalue weighted by molar-refractivity contribution is 6.15. The Morgan fingerprint density at radius 3 is 2.55 bits per heavy atom. The molecule has 8 heteroatoms. The molecule has 0 fully saturated rings.